The number of nitrogens with one attached hydrogen (secondary N) is 1. The molecule has 0 radical (unpaired) electrons. The van der Waals surface area contributed by atoms with E-state index in [1.54, 1.807) is 0 Å². The van der Waals surface area contributed by atoms with Crippen LogP contribution in [-0.4, -0.2) is 28.7 Å². The maximum Gasteiger partial charge on any atom is 0.339 e. The highest BCUT2D eigenvalue weighted by Crippen LogP contribution is 2.53. The van der Waals surface area contributed by atoms with Crippen LogP contribution in [0.2, 0.25) is 0 Å². The second kappa shape index (κ2) is 5.55. The Kier molecular flexibility index (Phi) is 3.51. The number of aryl methyl sites for hydroxylation is 1. The van der Waals surface area contributed by atoms with Gasteiger partial charge in [-0.3, -0.25) is 4.79 Å². The number of aromatic carboxylic acids is 1. The van der Waals surface area contributed by atoms with Crippen LogP contribution in [0.4, 0.5) is 5.00 Å². The van der Waals surface area contributed by atoms with Crippen molar-refractivity contribution in [2.24, 2.45) is 11.8 Å². The first-order valence-corrected chi connectivity index (χ1v) is 10.2. The van der Waals surface area contributed by atoms with Gasteiger partial charge in [-0.1, -0.05) is 0 Å². The Balaban J connectivity index is 1.45. The molecule has 2 aliphatic heterocycles. The van der Waals surface area contributed by atoms with Crippen molar-refractivity contribution < 1.29 is 19.4 Å². The largest absolute Gasteiger partial charge is 0.478 e. The molecule has 134 valence electrons. The van der Waals surface area contributed by atoms with Gasteiger partial charge in [-0.2, -0.15) is 0 Å². The Bertz CT molecular complexity index is 718. The van der Waals surface area contributed by atoms with Crippen molar-refractivity contribution in [1.82, 2.24) is 0 Å². The summed E-state index contributed by atoms with van der Waals surface area (Å²) in [5.41, 5.74) is 0.526. The summed E-state index contributed by atoms with van der Waals surface area (Å²) >= 11 is 1.45. The molecule has 2 saturated heterocycles. The van der Waals surface area contributed by atoms with Gasteiger partial charge in [0, 0.05) is 4.88 Å². The van der Waals surface area contributed by atoms with Crippen molar-refractivity contribution in [3.05, 3.63) is 16.0 Å². The van der Waals surface area contributed by atoms with Crippen LogP contribution in [0.1, 0.15) is 65.7 Å². The van der Waals surface area contributed by atoms with Crippen LogP contribution >= 0.6 is 11.3 Å². The van der Waals surface area contributed by atoms with E-state index in [1.165, 1.54) is 17.8 Å². The van der Waals surface area contributed by atoms with Crippen LogP contribution in [0.15, 0.2) is 0 Å². The number of carbonyl (C=O) groups is 2. The molecule has 2 unspecified atom stereocenters. The number of amides is 1. The summed E-state index contributed by atoms with van der Waals surface area (Å²) in [5, 5.41) is 13.2. The second-order valence-electron chi connectivity index (χ2n) is 8.26. The molecular weight excluding hydrogens is 338 g/mol. The van der Waals surface area contributed by atoms with Crippen molar-refractivity contribution in [3.8, 4) is 0 Å². The molecule has 3 heterocycles. The average Bonchev–Trinajstić information content (AvgIpc) is 2.91. The molecule has 25 heavy (non-hydrogen) atoms. The van der Waals surface area contributed by atoms with Crippen molar-refractivity contribution in [2.75, 3.05) is 5.32 Å². The van der Waals surface area contributed by atoms with E-state index in [-0.39, 0.29) is 12.0 Å². The molecule has 6 rings (SSSR count). The minimum absolute atomic E-state index is 0.118. The molecule has 2 saturated carbocycles. The van der Waals surface area contributed by atoms with Gasteiger partial charge >= 0.3 is 5.97 Å². The lowest BCUT2D eigenvalue weighted by Gasteiger charge is -2.55. The predicted octanol–water partition coefficient (Wildman–Crippen LogP) is 3.61. The fourth-order valence-electron chi connectivity index (χ4n) is 5.70. The van der Waals surface area contributed by atoms with Crippen LogP contribution in [0.25, 0.3) is 0 Å². The summed E-state index contributed by atoms with van der Waals surface area (Å²) in [7, 11) is 0. The minimum atomic E-state index is -0.930. The Labute approximate surface area is 150 Å². The SMILES string of the molecule is O=C(O)c1c(NC(=O)C23CC4CC(CC(C4)O2)C3)sc2c1CCCC2. The van der Waals surface area contributed by atoms with E-state index in [1.807, 2.05) is 0 Å². The number of carbonyl (C=O) groups excluding carboxylic acids is 1. The van der Waals surface area contributed by atoms with Crippen LogP contribution in [0.5, 0.6) is 0 Å². The molecule has 0 spiro atoms. The smallest absolute Gasteiger partial charge is 0.339 e. The summed E-state index contributed by atoms with van der Waals surface area (Å²) in [6, 6.07) is 0. The number of carboxylic acid groups (broad SMARTS) is 1. The van der Waals surface area contributed by atoms with Gasteiger partial charge in [-0.05, 0) is 75.2 Å². The van der Waals surface area contributed by atoms with Crippen LogP contribution < -0.4 is 5.32 Å². The third-order valence-electron chi connectivity index (χ3n) is 6.51. The molecule has 2 N–H and O–H groups in total. The monoisotopic (exact) mass is 361 g/mol. The lowest BCUT2D eigenvalue weighted by atomic mass is 9.62. The number of rotatable bonds is 3. The minimum Gasteiger partial charge on any atom is -0.478 e. The lowest BCUT2D eigenvalue weighted by molar-refractivity contribution is -0.215. The Morgan fingerprint density at radius 3 is 2.52 bits per heavy atom. The third-order valence-corrected chi connectivity index (χ3v) is 7.72. The summed E-state index contributed by atoms with van der Waals surface area (Å²) in [6.07, 6.45) is 9.03. The Morgan fingerprint density at radius 2 is 1.84 bits per heavy atom. The van der Waals surface area contributed by atoms with Crippen LogP contribution in [-0.2, 0) is 22.4 Å². The quantitative estimate of drug-likeness (QED) is 0.862. The molecule has 5 aliphatic rings. The molecule has 2 atom stereocenters. The fourth-order valence-corrected chi connectivity index (χ4v) is 6.98. The number of hydrogen-bond acceptors (Lipinski definition) is 4. The zero-order valence-corrected chi connectivity index (χ0v) is 15.0. The summed E-state index contributed by atoms with van der Waals surface area (Å²) < 4.78 is 6.19. The van der Waals surface area contributed by atoms with E-state index in [0.717, 1.165) is 61.8 Å². The van der Waals surface area contributed by atoms with Gasteiger partial charge < -0.3 is 15.2 Å². The Morgan fingerprint density at radius 1 is 1.12 bits per heavy atom. The maximum absolute atomic E-state index is 13.1. The molecule has 6 heteroatoms. The molecule has 0 aromatic carbocycles. The van der Waals surface area contributed by atoms with Gasteiger partial charge in [0.25, 0.3) is 5.91 Å². The number of carboxylic acids is 1. The van der Waals surface area contributed by atoms with Gasteiger partial charge in [-0.25, -0.2) is 4.79 Å². The summed E-state index contributed by atoms with van der Waals surface area (Å²) in [4.78, 5) is 26.1. The molecule has 1 aromatic rings. The first-order valence-electron chi connectivity index (χ1n) is 9.41. The molecule has 1 amide bonds. The summed E-state index contributed by atoms with van der Waals surface area (Å²) in [5.74, 6) is 0.133. The zero-order valence-electron chi connectivity index (χ0n) is 14.2. The lowest BCUT2D eigenvalue weighted by Crippen LogP contribution is -2.60. The van der Waals surface area contributed by atoms with Crippen molar-refractivity contribution in [1.29, 1.82) is 0 Å². The number of fused-ring (bicyclic) bond motifs is 1. The Hall–Kier alpha value is -1.40. The van der Waals surface area contributed by atoms with Gasteiger partial charge in [0.05, 0.1) is 11.7 Å². The number of thiophene rings is 1. The molecule has 4 bridgehead atoms. The standard InChI is InChI=1S/C19H23NO4S/c21-17(22)15-13-3-1-2-4-14(13)25-16(15)20-18(23)19-8-10-5-11(9-19)7-12(6-10)24-19/h10-12H,1-9H2,(H,20,23)(H,21,22). The van der Waals surface area contributed by atoms with E-state index >= 15 is 0 Å². The van der Waals surface area contributed by atoms with Crippen molar-refractivity contribution in [3.63, 3.8) is 0 Å². The van der Waals surface area contributed by atoms with E-state index in [0.29, 0.717) is 22.4 Å². The predicted molar refractivity (Wildman–Crippen MR) is 94.2 cm³/mol. The highest BCUT2D eigenvalue weighted by Gasteiger charge is 2.56. The third kappa shape index (κ3) is 2.45. The van der Waals surface area contributed by atoms with Crippen molar-refractivity contribution in [2.45, 2.75) is 69.5 Å². The first-order chi connectivity index (χ1) is 12.0. The van der Waals surface area contributed by atoms with Gasteiger partial charge in [0.15, 0.2) is 0 Å². The van der Waals surface area contributed by atoms with Gasteiger partial charge in [-0.15, -0.1) is 11.3 Å². The average molecular weight is 361 g/mol. The number of anilines is 1. The van der Waals surface area contributed by atoms with E-state index < -0.39 is 11.6 Å². The normalized spacial score (nSPS) is 35.4. The molecular formula is C19H23NO4S. The van der Waals surface area contributed by atoms with Gasteiger partial charge in [0.2, 0.25) is 0 Å². The van der Waals surface area contributed by atoms with E-state index in [2.05, 4.69) is 5.32 Å². The van der Waals surface area contributed by atoms with E-state index in [9.17, 15) is 14.7 Å². The van der Waals surface area contributed by atoms with Crippen LogP contribution in [0.3, 0.4) is 0 Å². The number of hydrogen-bond donors (Lipinski definition) is 2. The summed E-state index contributed by atoms with van der Waals surface area (Å²) in [6.45, 7) is 0. The highest BCUT2D eigenvalue weighted by atomic mass is 32.1. The second-order valence-corrected chi connectivity index (χ2v) is 9.36. The zero-order chi connectivity index (χ0) is 17.2. The van der Waals surface area contributed by atoms with Crippen molar-refractivity contribution >= 4 is 28.2 Å². The molecule has 4 fully saturated rings. The topological polar surface area (TPSA) is 75.6 Å². The van der Waals surface area contributed by atoms with Gasteiger partial charge in [0.1, 0.15) is 10.6 Å². The number of ether oxygens (including phenoxy) is 1. The molecule has 5 nitrogen and oxygen atoms in total. The van der Waals surface area contributed by atoms with Crippen LogP contribution in [0, 0.1) is 11.8 Å². The highest BCUT2D eigenvalue weighted by molar-refractivity contribution is 7.17. The molecule has 3 aliphatic carbocycles. The fraction of sp³-hybridized carbons (Fsp3) is 0.684. The molecule has 1 aromatic heterocycles. The first kappa shape index (κ1) is 15.8. The maximum atomic E-state index is 13.1. The van der Waals surface area contributed by atoms with E-state index in [4.69, 9.17) is 4.74 Å².